The van der Waals surface area contributed by atoms with Crippen LogP contribution in [0.5, 0.6) is 0 Å². The first-order valence-electron chi connectivity index (χ1n) is 3.86. The maximum Gasteiger partial charge on any atom is 0.222 e. The zero-order valence-electron chi connectivity index (χ0n) is 6.62. The van der Waals surface area contributed by atoms with Crippen LogP contribution in [0.1, 0.15) is 17.7 Å². The number of nitrogens with zero attached hydrogens (tertiary/aromatic N) is 2. The molecule has 1 aliphatic carbocycles. The molecule has 1 aromatic rings. The lowest BCUT2D eigenvalue weighted by molar-refractivity contribution is 0.917. The van der Waals surface area contributed by atoms with Crippen LogP contribution in [-0.4, -0.2) is 9.97 Å². The molecule has 4 heteroatoms. The molecule has 0 aliphatic heterocycles. The number of rotatable bonds is 0. The molecule has 0 saturated carbocycles. The summed E-state index contributed by atoms with van der Waals surface area (Å²) >= 11 is 0. The summed E-state index contributed by atoms with van der Waals surface area (Å²) in [5, 5.41) is 0. The lowest BCUT2D eigenvalue weighted by atomic mass is 10.0. The highest BCUT2D eigenvalue weighted by Crippen LogP contribution is 2.21. The standard InChI is InChI=1S/C8H10N4/c9-7-5-3-1-2-4-6(5)11-8(10)12-7/h1,3H,2,4H2,(H4,9,10,11,12). The molecule has 0 atom stereocenters. The van der Waals surface area contributed by atoms with Crippen molar-refractivity contribution in [2.24, 2.45) is 0 Å². The van der Waals surface area contributed by atoms with Crippen molar-refractivity contribution < 1.29 is 0 Å². The van der Waals surface area contributed by atoms with E-state index in [-0.39, 0.29) is 5.95 Å². The van der Waals surface area contributed by atoms with Gasteiger partial charge >= 0.3 is 0 Å². The second kappa shape index (κ2) is 2.48. The Kier molecular flexibility index (Phi) is 1.46. The first kappa shape index (κ1) is 7.09. The van der Waals surface area contributed by atoms with E-state index in [9.17, 15) is 0 Å². The highest BCUT2D eigenvalue weighted by molar-refractivity contribution is 5.65. The van der Waals surface area contributed by atoms with Crippen LogP contribution in [0.3, 0.4) is 0 Å². The summed E-state index contributed by atoms with van der Waals surface area (Å²) in [5.41, 5.74) is 13.0. The minimum absolute atomic E-state index is 0.265. The number of nitrogen functional groups attached to an aromatic ring is 2. The van der Waals surface area contributed by atoms with Crippen molar-refractivity contribution in [3.63, 3.8) is 0 Å². The van der Waals surface area contributed by atoms with E-state index < -0.39 is 0 Å². The molecule has 0 radical (unpaired) electrons. The molecule has 0 unspecified atom stereocenters. The monoisotopic (exact) mass is 162 g/mol. The van der Waals surface area contributed by atoms with Crippen molar-refractivity contribution in [3.05, 3.63) is 17.3 Å². The van der Waals surface area contributed by atoms with Gasteiger partial charge in [-0.05, 0) is 12.8 Å². The summed E-state index contributed by atoms with van der Waals surface area (Å²) in [7, 11) is 0. The van der Waals surface area contributed by atoms with Gasteiger partial charge in [-0.15, -0.1) is 0 Å². The molecule has 0 fully saturated rings. The molecule has 62 valence electrons. The average molecular weight is 162 g/mol. The molecule has 12 heavy (non-hydrogen) atoms. The summed E-state index contributed by atoms with van der Waals surface area (Å²) in [6, 6.07) is 0. The van der Waals surface area contributed by atoms with Crippen LogP contribution in [-0.2, 0) is 6.42 Å². The van der Waals surface area contributed by atoms with E-state index in [0.29, 0.717) is 5.82 Å². The van der Waals surface area contributed by atoms with Crippen LogP contribution in [0, 0.1) is 0 Å². The van der Waals surface area contributed by atoms with Gasteiger partial charge in [0, 0.05) is 5.56 Å². The Morgan fingerprint density at radius 1 is 1.25 bits per heavy atom. The van der Waals surface area contributed by atoms with Crippen molar-refractivity contribution in [3.8, 4) is 0 Å². The molecule has 1 aliphatic rings. The second-order valence-electron chi connectivity index (χ2n) is 2.77. The molecular weight excluding hydrogens is 152 g/mol. The minimum Gasteiger partial charge on any atom is -0.383 e. The molecule has 0 bridgehead atoms. The van der Waals surface area contributed by atoms with Crippen LogP contribution in [0.25, 0.3) is 6.08 Å². The van der Waals surface area contributed by atoms with Gasteiger partial charge in [0.15, 0.2) is 0 Å². The van der Waals surface area contributed by atoms with E-state index >= 15 is 0 Å². The maximum atomic E-state index is 5.66. The Morgan fingerprint density at radius 3 is 2.92 bits per heavy atom. The topological polar surface area (TPSA) is 77.8 Å². The summed E-state index contributed by atoms with van der Waals surface area (Å²) in [6.45, 7) is 0. The van der Waals surface area contributed by atoms with Gasteiger partial charge in [-0.3, -0.25) is 0 Å². The molecule has 0 aromatic carbocycles. The second-order valence-corrected chi connectivity index (χ2v) is 2.77. The number of fused-ring (bicyclic) bond motifs is 1. The zero-order valence-corrected chi connectivity index (χ0v) is 6.62. The van der Waals surface area contributed by atoms with Crippen LogP contribution < -0.4 is 11.5 Å². The lowest BCUT2D eigenvalue weighted by Crippen LogP contribution is -2.08. The van der Waals surface area contributed by atoms with Crippen molar-refractivity contribution >= 4 is 17.8 Å². The third-order valence-electron chi connectivity index (χ3n) is 1.90. The molecule has 0 saturated heterocycles. The van der Waals surface area contributed by atoms with Crippen LogP contribution in [0.4, 0.5) is 11.8 Å². The number of anilines is 2. The molecule has 2 rings (SSSR count). The number of aryl methyl sites for hydroxylation is 1. The molecule has 4 nitrogen and oxygen atoms in total. The Labute approximate surface area is 70.3 Å². The first-order valence-corrected chi connectivity index (χ1v) is 3.86. The third kappa shape index (κ3) is 1.01. The number of hydrogen-bond donors (Lipinski definition) is 2. The molecule has 4 N–H and O–H groups in total. The molecule has 0 amide bonds. The SMILES string of the molecule is Nc1nc(N)c2c(n1)CCC=C2. The highest BCUT2D eigenvalue weighted by Gasteiger charge is 2.10. The first-order chi connectivity index (χ1) is 5.77. The fraction of sp³-hybridized carbons (Fsp3) is 0.250. The fourth-order valence-electron chi connectivity index (χ4n) is 1.35. The number of hydrogen-bond acceptors (Lipinski definition) is 4. The predicted molar refractivity (Wildman–Crippen MR) is 48.2 cm³/mol. The van der Waals surface area contributed by atoms with Gasteiger partial charge < -0.3 is 11.5 Å². The Hall–Kier alpha value is -1.58. The smallest absolute Gasteiger partial charge is 0.222 e. The Balaban J connectivity index is 2.62. The van der Waals surface area contributed by atoms with E-state index in [1.165, 1.54) is 0 Å². The quantitative estimate of drug-likeness (QED) is 0.585. The van der Waals surface area contributed by atoms with E-state index in [0.717, 1.165) is 24.1 Å². The average Bonchev–Trinajstić information content (AvgIpc) is 2.04. The fourth-order valence-corrected chi connectivity index (χ4v) is 1.35. The Morgan fingerprint density at radius 2 is 2.08 bits per heavy atom. The van der Waals surface area contributed by atoms with Crippen LogP contribution in [0.2, 0.25) is 0 Å². The van der Waals surface area contributed by atoms with E-state index in [1.807, 2.05) is 6.08 Å². The number of nitrogens with two attached hydrogens (primary N) is 2. The lowest BCUT2D eigenvalue weighted by Gasteiger charge is -2.10. The van der Waals surface area contributed by atoms with Crippen LogP contribution >= 0.6 is 0 Å². The van der Waals surface area contributed by atoms with Gasteiger partial charge in [0.1, 0.15) is 5.82 Å². The minimum atomic E-state index is 0.265. The summed E-state index contributed by atoms with van der Waals surface area (Å²) < 4.78 is 0. The number of allylic oxidation sites excluding steroid dienone is 1. The van der Waals surface area contributed by atoms with E-state index in [2.05, 4.69) is 16.0 Å². The molecular formula is C8H10N4. The van der Waals surface area contributed by atoms with Gasteiger partial charge in [0.05, 0.1) is 5.69 Å². The summed E-state index contributed by atoms with van der Waals surface area (Å²) in [6.07, 6.45) is 5.93. The number of aromatic nitrogens is 2. The van der Waals surface area contributed by atoms with Gasteiger partial charge in [-0.2, -0.15) is 4.98 Å². The summed E-state index contributed by atoms with van der Waals surface area (Å²) in [4.78, 5) is 7.99. The van der Waals surface area contributed by atoms with E-state index in [4.69, 9.17) is 11.5 Å². The normalized spacial score (nSPS) is 14.3. The van der Waals surface area contributed by atoms with Crippen LogP contribution in [0.15, 0.2) is 6.08 Å². The van der Waals surface area contributed by atoms with Gasteiger partial charge in [0.2, 0.25) is 5.95 Å². The van der Waals surface area contributed by atoms with Crippen molar-refractivity contribution in [2.45, 2.75) is 12.8 Å². The van der Waals surface area contributed by atoms with Gasteiger partial charge in [-0.25, -0.2) is 4.98 Å². The van der Waals surface area contributed by atoms with Crippen molar-refractivity contribution in [2.75, 3.05) is 11.5 Å². The molecule has 0 spiro atoms. The van der Waals surface area contributed by atoms with Crippen molar-refractivity contribution in [1.29, 1.82) is 0 Å². The van der Waals surface area contributed by atoms with Crippen molar-refractivity contribution in [1.82, 2.24) is 9.97 Å². The van der Waals surface area contributed by atoms with Gasteiger partial charge in [0.25, 0.3) is 0 Å². The predicted octanol–water partition coefficient (Wildman–Crippen LogP) is 0.600. The highest BCUT2D eigenvalue weighted by atomic mass is 15.0. The van der Waals surface area contributed by atoms with E-state index in [1.54, 1.807) is 0 Å². The molecule has 1 aromatic heterocycles. The molecule has 1 heterocycles. The van der Waals surface area contributed by atoms with Gasteiger partial charge in [-0.1, -0.05) is 12.2 Å². The Bertz CT molecular complexity index is 343. The summed E-state index contributed by atoms with van der Waals surface area (Å²) in [5.74, 6) is 0.745. The zero-order chi connectivity index (χ0) is 8.55. The maximum absolute atomic E-state index is 5.66. The largest absolute Gasteiger partial charge is 0.383 e. The third-order valence-corrected chi connectivity index (χ3v) is 1.90.